The SMILES string of the molecule is C[Si](OCCO)(O[Si](C)(O[Si](C)(OCCO)c1ccccc1)c1ccccc1)c1ccccc1. The lowest BCUT2D eigenvalue weighted by Gasteiger charge is -2.42. The Bertz CT molecular complexity index is 936. The summed E-state index contributed by atoms with van der Waals surface area (Å²) < 4.78 is 26.5. The lowest BCUT2D eigenvalue weighted by atomic mass is 10.4. The van der Waals surface area contributed by atoms with Gasteiger partial charge in [0.25, 0.3) is 0 Å². The second-order valence-electron chi connectivity index (χ2n) is 8.28. The predicted molar refractivity (Wildman–Crippen MR) is 141 cm³/mol. The van der Waals surface area contributed by atoms with Gasteiger partial charge in [-0.3, -0.25) is 0 Å². The number of rotatable bonds is 13. The summed E-state index contributed by atoms with van der Waals surface area (Å²) in [7, 11) is -9.16. The van der Waals surface area contributed by atoms with Gasteiger partial charge in [0.05, 0.1) is 26.4 Å². The van der Waals surface area contributed by atoms with E-state index in [0.717, 1.165) is 15.6 Å². The van der Waals surface area contributed by atoms with Gasteiger partial charge in [0, 0.05) is 0 Å². The third-order valence-electron chi connectivity index (χ3n) is 5.61. The average molecular weight is 515 g/mol. The van der Waals surface area contributed by atoms with E-state index >= 15 is 0 Å². The van der Waals surface area contributed by atoms with E-state index in [1.807, 2.05) is 111 Å². The van der Waals surface area contributed by atoms with E-state index in [1.165, 1.54) is 0 Å². The number of aliphatic hydroxyl groups is 2. The lowest BCUT2D eigenvalue weighted by molar-refractivity contribution is 0.158. The van der Waals surface area contributed by atoms with E-state index in [4.69, 9.17) is 17.1 Å². The Hall–Kier alpha value is -1.93. The van der Waals surface area contributed by atoms with Gasteiger partial charge in [0.2, 0.25) is 0 Å². The van der Waals surface area contributed by atoms with Crippen molar-refractivity contribution in [3.8, 4) is 0 Å². The first-order valence-corrected chi connectivity index (χ1v) is 18.4. The molecule has 0 aromatic heterocycles. The van der Waals surface area contributed by atoms with Crippen LogP contribution in [-0.4, -0.2) is 62.3 Å². The summed E-state index contributed by atoms with van der Waals surface area (Å²) in [5.74, 6) is 0. The zero-order valence-corrected chi connectivity index (χ0v) is 23.0. The van der Waals surface area contributed by atoms with Gasteiger partial charge in [-0.05, 0) is 35.2 Å². The molecule has 0 saturated carbocycles. The number of hydrogen-bond donors (Lipinski definition) is 2. The normalized spacial score (nSPS) is 16.9. The maximum Gasteiger partial charge on any atom is 0.360 e. The van der Waals surface area contributed by atoms with Crippen molar-refractivity contribution in [1.29, 1.82) is 0 Å². The molecule has 2 unspecified atom stereocenters. The minimum Gasteiger partial charge on any atom is -0.408 e. The molecule has 182 valence electrons. The largest absolute Gasteiger partial charge is 0.408 e. The first-order chi connectivity index (χ1) is 16.4. The van der Waals surface area contributed by atoms with Gasteiger partial charge in [-0.25, -0.2) is 0 Å². The van der Waals surface area contributed by atoms with Crippen molar-refractivity contribution >= 4 is 41.2 Å². The van der Waals surface area contributed by atoms with Gasteiger partial charge in [-0.15, -0.1) is 0 Å². The summed E-state index contributed by atoms with van der Waals surface area (Å²) >= 11 is 0. The van der Waals surface area contributed by atoms with E-state index in [2.05, 4.69) is 0 Å². The Balaban J connectivity index is 2.08. The topological polar surface area (TPSA) is 77.4 Å². The zero-order chi connectivity index (χ0) is 24.5. The maximum absolute atomic E-state index is 9.51. The Morgan fingerprint density at radius 2 is 0.794 bits per heavy atom. The Kier molecular flexibility index (Phi) is 9.54. The van der Waals surface area contributed by atoms with Gasteiger partial charge >= 0.3 is 25.7 Å². The summed E-state index contributed by atoms with van der Waals surface area (Å²) in [6.07, 6.45) is 0. The van der Waals surface area contributed by atoms with Crippen molar-refractivity contribution in [3.05, 3.63) is 91.0 Å². The van der Waals surface area contributed by atoms with Gasteiger partial charge < -0.3 is 27.3 Å². The molecule has 6 nitrogen and oxygen atoms in total. The van der Waals surface area contributed by atoms with Crippen LogP contribution in [0.3, 0.4) is 0 Å². The summed E-state index contributed by atoms with van der Waals surface area (Å²) in [4.78, 5) is 0. The van der Waals surface area contributed by atoms with Crippen LogP contribution in [-0.2, 0) is 17.1 Å². The Morgan fingerprint density at radius 1 is 0.500 bits per heavy atom. The second kappa shape index (κ2) is 12.2. The minimum atomic E-state index is -3.15. The molecular formula is C25H34O6Si3. The van der Waals surface area contributed by atoms with Gasteiger partial charge in [-0.2, -0.15) is 0 Å². The van der Waals surface area contributed by atoms with Crippen molar-refractivity contribution in [2.45, 2.75) is 19.6 Å². The molecule has 0 saturated heterocycles. The highest BCUT2D eigenvalue weighted by Gasteiger charge is 2.51. The van der Waals surface area contributed by atoms with Crippen molar-refractivity contribution in [2.24, 2.45) is 0 Å². The monoisotopic (exact) mass is 514 g/mol. The quantitative estimate of drug-likeness (QED) is 0.340. The van der Waals surface area contributed by atoms with E-state index in [1.54, 1.807) is 0 Å². The molecule has 2 N–H and O–H groups in total. The first-order valence-electron chi connectivity index (χ1n) is 11.4. The third kappa shape index (κ3) is 6.60. The van der Waals surface area contributed by atoms with Crippen LogP contribution in [0.1, 0.15) is 0 Å². The van der Waals surface area contributed by atoms with Crippen LogP contribution in [0.5, 0.6) is 0 Å². The van der Waals surface area contributed by atoms with Crippen LogP contribution in [0.2, 0.25) is 19.6 Å². The standard InChI is InChI=1S/C25H34O6Si3/c1-32(28-21-19-26,23-13-7-4-8-14-23)30-34(3,25-17-11-6-12-18-25)31-33(2,29-22-20-27)24-15-9-5-10-16-24/h4-18,26-27H,19-22H2,1-3H3. The van der Waals surface area contributed by atoms with E-state index in [9.17, 15) is 10.2 Å². The summed E-state index contributed by atoms with van der Waals surface area (Å²) in [6.45, 7) is 6.15. The van der Waals surface area contributed by atoms with Crippen molar-refractivity contribution < 1.29 is 27.3 Å². The van der Waals surface area contributed by atoms with Gasteiger partial charge in [0.1, 0.15) is 0 Å². The zero-order valence-electron chi connectivity index (χ0n) is 20.0. The van der Waals surface area contributed by atoms with Crippen LogP contribution in [0.25, 0.3) is 0 Å². The highest BCUT2D eigenvalue weighted by atomic mass is 28.5. The van der Waals surface area contributed by atoms with Crippen molar-refractivity contribution in [1.82, 2.24) is 0 Å². The number of benzene rings is 3. The van der Waals surface area contributed by atoms with Gasteiger partial charge in [0.15, 0.2) is 0 Å². The Morgan fingerprint density at radius 3 is 1.09 bits per heavy atom. The molecule has 3 aromatic rings. The predicted octanol–water partition coefficient (Wildman–Crippen LogP) is 1.98. The smallest absolute Gasteiger partial charge is 0.360 e. The molecule has 9 heteroatoms. The molecule has 0 aliphatic rings. The molecule has 3 aromatic carbocycles. The third-order valence-corrected chi connectivity index (χ3v) is 17.5. The van der Waals surface area contributed by atoms with Crippen LogP contribution in [0, 0.1) is 0 Å². The highest BCUT2D eigenvalue weighted by Crippen LogP contribution is 2.23. The first kappa shape index (κ1) is 26.7. The van der Waals surface area contributed by atoms with Crippen LogP contribution in [0.15, 0.2) is 91.0 Å². The summed E-state index contributed by atoms with van der Waals surface area (Å²) in [6, 6.07) is 29.7. The fourth-order valence-corrected chi connectivity index (χ4v) is 16.5. The Labute approximate surface area is 205 Å². The van der Waals surface area contributed by atoms with Crippen LogP contribution in [0.4, 0.5) is 0 Å². The fraction of sp³-hybridized carbons (Fsp3) is 0.280. The van der Waals surface area contributed by atoms with E-state index < -0.39 is 25.7 Å². The molecule has 0 aliphatic carbocycles. The maximum atomic E-state index is 9.51. The molecular weight excluding hydrogens is 481 g/mol. The molecule has 2 atom stereocenters. The molecule has 0 aliphatic heterocycles. The summed E-state index contributed by atoms with van der Waals surface area (Å²) in [5.41, 5.74) is 0. The molecule has 0 amide bonds. The second-order valence-corrected chi connectivity index (χ2v) is 17.9. The van der Waals surface area contributed by atoms with Gasteiger partial charge in [-0.1, -0.05) is 91.0 Å². The molecule has 0 fully saturated rings. The van der Waals surface area contributed by atoms with Crippen LogP contribution >= 0.6 is 0 Å². The molecule has 0 bridgehead atoms. The van der Waals surface area contributed by atoms with E-state index in [0.29, 0.717) is 0 Å². The highest BCUT2D eigenvalue weighted by molar-refractivity contribution is 6.98. The lowest BCUT2D eigenvalue weighted by Crippen LogP contribution is -2.69. The molecule has 0 radical (unpaired) electrons. The number of hydrogen-bond acceptors (Lipinski definition) is 6. The summed E-state index contributed by atoms with van der Waals surface area (Å²) in [5, 5.41) is 21.9. The minimum absolute atomic E-state index is 0.0979. The number of aliphatic hydroxyl groups excluding tert-OH is 2. The van der Waals surface area contributed by atoms with Crippen molar-refractivity contribution in [2.75, 3.05) is 26.4 Å². The van der Waals surface area contributed by atoms with Crippen LogP contribution < -0.4 is 15.6 Å². The molecule has 34 heavy (non-hydrogen) atoms. The fourth-order valence-electron chi connectivity index (χ4n) is 3.93. The van der Waals surface area contributed by atoms with E-state index in [-0.39, 0.29) is 26.4 Å². The average Bonchev–Trinajstić information content (AvgIpc) is 2.88. The van der Waals surface area contributed by atoms with Crippen molar-refractivity contribution in [3.63, 3.8) is 0 Å². The molecule has 0 spiro atoms. The molecule has 3 rings (SSSR count). The molecule has 0 heterocycles.